The molecule has 6 heteroatoms. The van der Waals surface area contributed by atoms with E-state index in [1.165, 1.54) is 18.4 Å². The lowest BCUT2D eigenvalue weighted by molar-refractivity contribution is -0.163. The standard InChI is InChI=1S/C10H11NO4S/c1-15-9(13)10(14)5-7(12)11-8(10)6-3-2-4-16-6/h2-4,8,14H,5H2,1H3,(H,11,12)/t8-,10+/m0/s1. The topological polar surface area (TPSA) is 75.6 Å². The fourth-order valence-electron chi connectivity index (χ4n) is 1.81. The number of hydrogen-bond acceptors (Lipinski definition) is 5. The first kappa shape index (κ1) is 11.1. The highest BCUT2D eigenvalue weighted by Gasteiger charge is 2.53. The van der Waals surface area contributed by atoms with E-state index in [0.29, 0.717) is 0 Å². The van der Waals surface area contributed by atoms with Gasteiger partial charge in [-0.3, -0.25) is 4.79 Å². The Morgan fingerprint density at radius 3 is 3.06 bits per heavy atom. The lowest BCUT2D eigenvalue weighted by atomic mass is 9.94. The fourth-order valence-corrected chi connectivity index (χ4v) is 2.67. The van der Waals surface area contributed by atoms with Gasteiger partial charge >= 0.3 is 5.97 Å². The maximum absolute atomic E-state index is 11.5. The average molecular weight is 241 g/mol. The molecule has 1 fully saturated rings. The lowest BCUT2D eigenvalue weighted by Gasteiger charge is -2.24. The lowest BCUT2D eigenvalue weighted by Crippen LogP contribution is -2.43. The summed E-state index contributed by atoms with van der Waals surface area (Å²) in [5, 5.41) is 14.6. The van der Waals surface area contributed by atoms with E-state index in [1.807, 2.05) is 5.38 Å². The van der Waals surface area contributed by atoms with Crippen LogP contribution in [0.1, 0.15) is 17.3 Å². The minimum absolute atomic E-state index is 0.262. The summed E-state index contributed by atoms with van der Waals surface area (Å²) in [7, 11) is 1.19. The predicted molar refractivity (Wildman–Crippen MR) is 56.8 cm³/mol. The number of nitrogens with one attached hydrogen (secondary N) is 1. The van der Waals surface area contributed by atoms with Crippen LogP contribution < -0.4 is 5.32 Å². The Morgan fingerprint density at radius 2 is 2.50 bits per heavy atom. The molecule has 0 spiro atoms. The zero-order valence-corrected chi connectivity index (χ0v) is 9.41. The van der Waals surface area contributed by atoms with Gasteiger partial charge in [0.05, 0.1) is 13.5 Å². The first-order valence-electron chi connectivity index (χ1n) is 4.71. The van der Waals surface area contributed by atoms with E-state index < -0.39 is 17.6 Å². The van der Waals surface area contributed by atoms with Gasteiger partial charge in [-0.1, -0.05) is 6.07 Å². The molecule has 1 amide bonds. The fraction of sp³-hybridized carbons (Fsp3) is 0.400. The van der Waals surface area contributed by atoms with Crippen LogP contribution in [0.5, 0.6) is 0 Å². The number of esters is 1. The van der Waals surface area contributed by atoms with Crippen LogP contribution in [0, 0.1) is 0 Å². The molecular weight excluding hydrogens is 230 g/mol. The van der Waals surface area contributed by atoms with Gasteiger partial charge in [-0.15, -0.1) is 11.3 Å². The number of carbonyl (C=O) groups excluding carboxylic acids is 2. The monoisotopic (exact) mass is 241 g/mol. The Bertz CT molecular complexity index is 416. The molecule has 0 bridgehead atoms. The minimum atomic E-state index is -1.79. The van der Waals surface area contributed by atoms with Crippen molar-refractivity contribution < 1.29 is 19.4 Å². The van der Waals surface area contributed by atoms with E-state index in [-0.39, 0.29) is 12.3 Å². The summed E-state index contributed by atoms with van der Waals surface area (Å²) in [6, 6.07) is 2.84. The van der Waals surface area contributed by atoms with Crippen molar-refractivity contribution in [2.45, 2.75) is 18.1 Å². The number of aliphatic hydroxyl groups is 1. The molecule has 0 aliphatic carbocycles. The van der Waals surface area contributed by atoms with Crippen LogP contribution in [0.15, 0.2) is 17.5 Å². The van der Waals surface area contributed by atoms with E-state index in [2.05, 4.69) is 10.1 Å². The van der Waals surface area contributed by atoms with Gasteiger partial charge in [-0.25, -0.2) is 4.79 Å². The number of hydrogen-bond donors (Lipinski definition) is 2. The molecule has 0 aromatic carbocycles. The Kier molecular flexibility index (Phi) is 2.69. The van der Waals surface area contributed by atoms with Crippen LogP contribution in [0.2, 0.25) is 0 Å². The predicted octanol–water partition coefficient (Wildman–Crippen LogP) is 0.213. The van der Waals surface area contributed by atoms with Crippen LogP contribution in [0.25, 0.3) is 0 Å². The second-order valence-corrected chi connectivity index (χ2v) is 4.59. The van der Waals surface area contributed by atoms with Crippen LogP contribution >= 0.6 is 11.3 Å². The number of methoxy groups -OCH3 is 1. The normalized spacial score (nSPS) is 28.9. The van der Waals surface area contributed by atoms with Crippen LogP contribution in [0.3, 0.4) is 0 Å². The van der Waals surface area contributed by atoms with Gasteiger partial charge in [-0.2, -0.15) is 0 Å². The molecule has 2 atom stereocenters. The van der Waals surface area contributed by atoms with Crippen LogP contribution in [0.4, 0.5) is 0 Å². The van der Waals surface area contributed by atoms with E-state index in [4.69, 9.17) is 0 Å². The molecule has 1 saturated heterocycles. The highest BCUT2D eigenvalue weighted by Crippen LogP contribution is 2.37. The molecule has 1 aliphatic rings. The summed E-state index contributed by atoms with van der Waals surface area (Å²) in [5.74, 6) is -1.14. The third-order valence-corrected chi connectivity index (χ3v) is 3.52. The third-order valence-electron chi connectivity index (χ3n) is 2.58. The Balaban J connectivity index is 2.36. The molecule has 0 unspecified atom stereocenters. The summed E-state index contributed by atoms with van der Waals surface area (Å²) >= 11 is 1.37. The smallest absolute Gasteiger partial charge is 0.340 e. The first-order chi connectivity index (χ1) is 7.58. The maximum atomic E-state index is 11.5. The summed E-state index contributed by atoms with van der Waals surface area (Å²) < 4.78 is 4.54. The van der Waals surface area contributed by atoms with Gasteiger partial charge in [0.25, 0.3) is 0 Å². The van der Waals surface area contributed by atoms with Gasteiger partial charge < -0.3 is 15.2 Å². The Hall–Kier alpha value is -1.40. The zero-order chi connectivity index (χ0) is 11.8. The van der Waals surface area contributed by atoms with Crippen molar-refractivity contribution in [1.29, 1.82) is 0 Å². The zero-order valence-electron chi connectivity index (χ0n) is 8.60. The van der Waals surface area contributed by atoms with Gasteiger partial charge in [0.1, 0.15) is 6.04 Å². The Labute approximate surface area is 96.0 Å². The third kappa shape index (κ3) is 1.60. The molecule has 16 heavy (non-hydrogen) atoms. The molecule has 2 rings (SSSR count). The van der Waals surface area contributed by atoms with E-state index in [1.54, 1.807) is 12.1 Å². The number of carbonyl (C=O) groups is 2. The summed E-state index contributed by atoms with van der Waals surface area (Å²) in [6.45, 7) is 0. The SMILES string of the molecule is COC(=O)[C@@]1(O)CC(=O)N[C@H]1c1cccs1. The molecule has 86 valence electrons. The van der Waals surface area contributed by atoms with Gasteiger partial charge in [-0.05, 0) is 11.4 Å². The molecule has 0 radical (unpaired) electrons. The molecule has 1 aliphatic heterocycles. The molecule has 1 aromatic rings. The second kappa shape index (κ2) is 3.88. The van der Waals surface area contributed by atoms with E-state index in [0.717, 1.165) is 4.88 Å². The highest BCUT2D eigenvalue weighted by atomic mass is 32.1. The number of amides is 1. The summed E-state index contributed by atoms with van der Waals surface area (Å²) in [6.07, 6.45) is -0.262. The van der Waals surface area contributed by atoms with Gasteiger partial charge in [0, 0.05) is 4.88 Å². The number of ether oxygens (including phenoxy) is 1. The number of rotatable bonds is 2. The molecule has 2 N–H and O–H groups in total. The van der Waals surface area contributed by atoms with Crippen molar-refractivity contribution in [1.82, 2.24) is 5.32 Å². The summed E-state index contributed by atoms with van der Waals surface area (Å²) in [4.78, 5) is 23.6. The van der Waals surface area contributed by atoms with Crippen molar-refractivity contribution in [2.75, 3.05) is 7.11 Å². The molecule has 0 saturated carbocycles. The van der Waals surface area contributed by atoms with Crippen molar-refractivity contribution >= 4 is 23.2 Å². The minimum Gasteiger partial charge on any atom is -0.467 e. The highest BCUT2D eigenvalue weighted by molar-refractivity contribution is 7.10. The van der Waals surface area contributed by atoms with E-state index in [9.17, 15) is 14.7 Å². The second-order valence-electron chi connectivity index (χ2n) is 3.61. The average Bonchev–Trinajstić information content (AvgIpc) is 2.85. The van der Waals surface area contributed by atoms with Crippen LogP contribution in [-0.2, 0) is 14.3 Å². The largest absolute Gasteiger partial charge is 0.467 e. The number of thiophene rings is 1. The quantitative estimate of drug-likeness (QED) is 0.726. The summed E-state index contributed by atoms with van der Waals surface area (Å²) in [5.41, 5.74) is -1.79. The first-order valence-corrected chi connectivity index (χ1v) is 5.59. The van der Waals surface area contributed by atoms with E-state index >= 15 is 0 Å². The van der Waals surface area contributed by atoms with Crippen molar-refractivity contribution in [3.63, 3.8) is 0 Å². The van der Waals surface area contributed by atoms with Crippen LogP contribution in [-0.4, -0.2) is 29.7 Å². The molecular formula is C10H11NO4S. The maximum Gasteiger partial charge on any atom is 0.340 e. The van der Waals surface area contributed by atoms with Crippen molar-refractivity contribution in [2.24, 2.45) is 0 Å². The molecule has 5 nitrogen and oxygen atoms in total. The van der Waals surface area contributed by atoms with Crippen molar-refractivity contribution in [3.05, 3.63) is 22.4 Å². The van der Waals surface area contributed by atoms with Gasteiger partial charge in [0.15, 0.2) is 5.60 Å². The Morgan fingerprint density at radius 1 is 1.75 bits per heavy atom. The van der Waals surface area contributed by atoms with Gasteiger partial charge in [0.2, 0.25) is 5.91 Å². The molecule has 2 heterocycles. The molecule has 1 aromatic heterocycles. The van der Waals surface area contributed by atoms with Crippen molar-refractivity contribution in [3.8, 4) is 0 Å².